The molecule has 3 aromatic rings. The number of unbranched alkanes of at least 4 members (excludes halogenated alkanes) is 2. The Morgan fingerprint density at radius 1 is 1.06 bits per heavy atom. The lowest BCUT2D eigenvalue weighted by molar-refractivity contribution is -0.137. The van der Waals surface area contributed by atoms with E-state index in [0.717, 1.165) is 36.1 Å². The van der Waals surface area contributed by atoms with Gasteiger partial charge in [0, 0.05) is 23.7 Å². The molecule has 3 rings (SSSR count). The van der Waals surface area contributed by atoms with Gasteiger partial charge in [-0.3, -0.25) is 9.59 Å². The number of amides is 1. The highest BCUT2D eigenvalue weighted by molar-refractivity contribution is 5.91. The SMILES string of the molecule is CCCCCC(=O)Nc1cccc(-c2cc(=O)n(-c3ccc(C(F)(F)F)cc3)nc2C)c1. The number of hydrogen-bond acceptors (Lipinski definition) is 3. The van der Waals surface area contributed by atoms with Gasteiger partial charge in [0.2, 0.25) is 5.91 Å². The number of halogens is 3. The van der Waals surface area contributed by atoms with Crippen LogP contribution in [0.1, 0.15) is 43.9 Å². The van der Waals surface area contributed by atoms with Gasteiger partial charge < -0.3 is 5.32 Å². The molecule has 2 aromatic carbocycles. The van der Waals surface area contributed by atoms with Crippen LogP contribution in [-0.4, -0.2) is 15.7 Å². The van der Waals surface area contributed by atoms with Crippen molar-refractivity contribution in [3.8, 4) is 16.8 Å². The minimum Gasteiger partial charge on any atom is -0.326 e. The zero-order valence-corrected chi connectivity index (χ0v) is 17.9. The number of hydrogen-bond donors (Lipinski definition) is 1. The molecule has 0 bridgehead atoms. The summed E-state index contributed by atoms with van der Waals surface area (Å²) in [6, 6.07) is 12.8. The van der Waals surface area contributed by atoms with Gasteiger partial charge in [-0.25, -0.2) is 0 Å². The van der Waals surface area contributed by atoms with Gasteiger partial charge in [0.15, 0.2) is 0 Å². The lowest BCUT2D eigenvalue weighted by Crippen LogP contribution is -2.22. The van der Waals surface area contributed by atoms with E-state index < -0.39 is 17.3 Å². The van der Waals surface area contributed by atoms with Gasteiger partial charge in [-0.05, 0) is 55.3 Å². The normalized spacial score (nSPS) is 11.4. The summed E-state index contributed by atoms with van der Waals surface area (Å²) in [5.74, 6) is -0.0665. The molecule has 0 aliphatic rings. The van der Waals surface area contributed by atoms with Crippen molar-refractivity contribution in [1.29, 1.82) is 0 Å². The molecule has 0 atom stereocenters. The van der Waals surface area contributed by atoms with Crippen LogP contribution in [0.15, 0.2) is 59.4 Å². The summed E-state index contributed by atoms with van der Waals surface area (Å²) in [5, 5.41) is 7.15. The fourth-order valence-electron chi connectivity index (χ4n) is 3.33. The van der Waals surface area contributed by atoms with E-state index in [-0.39, 0.29) is 11.6 Å². The number of nitrogens with zero attached hydrogens (tertiary/aromatic N) is 2. The van der Waals surface area contributed by atoms with Crippen LogP contribution in [0.2, 0.25) is 0 Å². The molecule has 168 valence electrons. The van der Waals surface area contributed by atoms with Crippen LogP contribution < -0.4 is 10.9 Å². The lowest BCUT2D eigenvalue weighted by Gasteiger charge is -2.12. The zero-order valence-electron chi connectivity index (χ0n) is 17.9. The fourth-order valence-corrected chi connectivity index (χ4v) is 3.33. The van der Waals surface area contributed by atoms with Gasteiger partial charge in [0.25, 0.3) is 5.56 Å². The smallest absolute Gasteiger partial charge is 0.326 e. The molecular weight excluding hydrogens is 419 g/mol. The van der Waals surface area contributed by atoms with Crippen LogP contribution in [-0.2, 0) is 11.0 Å². The second kappa shape index (κ2) is 9.80. The fraction of sp³-hybridized carbons (Fsp3) is 0.292. The number of aryl methyl sites for hydroxylation is 1. The molecule has 0 fully saturated rings. The number of rotatable bonds is 7. The molecule has 0 radical (unpaired) electrons. The van der Waals surface area contributed by atoms with Crippen LogP contribution >= 0.6 is 0 Å². The summed E-state index contributed by atoms with van der Waals surface area (Å²) in [7, 11) is 0. The van der Waals surface area contributed by atoms with Gasteiger partial charge in [0.1, 0.15) is 0 Å². The topological polar surface area (TPSA) is 64.0 Å². The number of aromatic nitrogens is 2. The molecule has 1 amide bonds. The Balaban J connectivity index is 1.85. The van der Waals surface area contributed by atoms with E-state index >= 15 is 0 Å². The van der Waals surface area contributed by atoms with Gasteiger partial charge in [0.05, 0.1) is 16.9 Å². The van der Waals surface area contributed by atoms with Crippen molar-refractivity contribution in [2.45, 2.75) is 45.7 Å². The first kappa shape index (κ1) is 23.2. The van der Waals surface area contributed by atoms with Crippen LogP contribution in [0.25, 0.3) is 16.8 Å². The van der Waals surface area contributed by atoms with Crippen LogP contribution in [0.3, 0.4) is 0 Å². The van der Waals surface area contributed by atoms with Crippen LogP contribution in [0.4, 0.5) is 18.9 Å². The van der Waals surface area contributed by atoms with E-state index in [0.29, 0.717) is 28.9 Å². The van der Waals surface area contributed by atoms with E-state index in [2.05, 4.69) is 17.3 Å². The molecule has 0 saturated heterocycles. The molecule has 1 heterocycles. The van der Waals surface area contributed by atoms with Crippen molar-refractivity contribution in [2.75, 3.05) is 5.32 Å². The molecule has 0 saturated carbocycles. The summed E-state index contributed by atoms with van der Waals surface area (Å²) in [4.78, 5) is 24.8. The van der Waals surface area contributed by atoms with Gasteiger partial charge >= 0.3 is 6.18 Å². The number of benzene rings is 2. The number of anilines is 1. The molecule has 32 heavy (non-hydrogen) atoms. The first-order chi connectivity index (χ1) is 15.2. The van der Waals surface area contributed by atoms with Gasteiger partial charge in [-0.2, -0.15) is 23.0 Å². The zero-order chi connectivity index (χ0) is 23.3. The van der Waals surface area contributed by atoms with Crippen molar-refractivity contribution in [2.24, 2.45) is 0 Å². The Bertz CT molecular complexity index is 1150. The number of nitrogens with one attached hydrogen (secondary N) is 1. The van der Waals surface area contributed by atoms with E-state index in [4.69, 9.17) is 0 Å². The minimum atomic E-state index is -4.45. The molecule has 0 unspecified atom stereocenters. The third-order valence-corrected chi connectivity index (χ3v) is 5.02. The summed E-state index contributed by atoms with van der Waals surface area (Å²) in [6.45, 7) is 3.79. The Kier molecular flexibility index (Phi) is 7.12. The first-order valence-corrected chi connectivity index (χ1v) is 10.4. The van der Waals surface area contributed by atoms with Crippen molar-refractivity contribution in [3.63, 3.8) is 0 Å². The molecule has 1 aromatic heterocycles. The average molecular weight is 443 g/mol. The highest BCUT2D eigenvalue weighted by Crippen LogP contribution is 2.29. The summed E-state index contributed by atoms with van der Waals surface area (Å²) < 4.78 is 39.4. The van der Waals surface area contributed by atoms with E-state index in [1.54, 1.807) is 31.2 Å². The summed E-state index contributed by atoms with van der Waals surface area (Å²) in [5.41, 5.74) is 1.41. The van der Waals surface area contributed by atoms with E-state index in [9.17, 15) is 22.8 Å². The van der Waals surface area contributed by atoms with Crippen LogP contribution in [0.5, 0.6) is 0 Å². The molecule has 8 heteroatoms. The molecule has 0 aliphatic heterocycles. The summed E-state index contributed by atoms with van der Waals surface area (Å²) in [6.07, 6.45) is -1.15. The van der Waals surface area contributed by atoms with Crippen LogP contribution in [0, 0.1) is 6.92 Å². The molecule has 1 N–H and O–H groups in total. The van der Waals surface area contributed by atoms with Crippen molar-refractivity contribution in [3.05, 3.63) is 76.2 Å². The number of alkyl halides is 3. The molecule has 5 nitrogen and oxygen atoms in total. The average Bonchev–Trinajstić information content (AvgIpc) is 2.75. The second-order valence-electron chi connectivity index (χ2n) is 7.52. The maximum Gasteiger partial charge on any atom is 0.416 e. The number of carbonyl (C=O) groups is 1. The predicted octanol–water partition coefficient (Wildman–Crippen LogP) is 5.75. The standard InChI is InChI=1S/C24H24F3N3O2/c1-3-4-5-9-22(31)28-19-8-6-7-17(14-19)21-15-23(32)30(29-16(21)2)20-12-10-18(11-13-20)24(25,26)27/h6-8,10-15H,3-5,9H2,1-2H3,(H,28,31). The Morgan fingerprint density at radius 3 is 2.44 bits per heavy atom. The van der Waals surface area contributed by atoms with Gasteiger partial charge in [-0.15, -0.1) is 0 Å². The second-order valence-corrected chi connectivity index (χ2v) is 7.52. The Labute approximate surface area is 183 Å². The molecule has 0 aliphatic carbocycles. The maximum atomic E-state index is 12.8. The van der Waals surface area contributed by atoms with E-state index in [1.165, 1.54) is 18.2 Å². The minimum absolute atomic E-state index is 0.0665. The maximum absolute atomic E-state index is 12.8. The molecular formula is C24H24F3N3O2. The third-order valence-electron chi connectivity index (χ3n) is 5.02. The Morgan fingerprint density at radius 2 is 1.78 bits per heavy atom. The van der Waals surface area contributed by atoms with Crippen molar-refractivity contribution < 1.29 is 18.0 Å². The van der Waals surface area contributed by atoms with Crippen molar-refractivity contribution >= 4 is 11.6 Å². The quantitative estimate of drug-likeness (QED) is 0.473. The third kappa shape index (κ3) is 5.63. The van der Waals surface area contributed by atoms with Gasteiger partial charge in [-0.1, -0.05) is 31.9 Å². The largest absolute Gasteiger partial charge is 0.416 e. The highest BCUT2D eigenvalue weighted by Gasteiger charge is 2.30. The van der Waals surface area contributed by atoms with E-state index in [1.807, 2.05) is 0 Å². The highest BCUT2D eigenvalue weighted by atomic mass is 19.4. The monoisotopic (exact) mass is 443 g/mol. The first-order valence-electron chi connectivity index (χ1n) is 10.4. The Hall–Kier alpha value is -3.42. The van der Waals surface area contributed by atoms with Crippen molar-refractivity contribution in [1.82, 2.24) is 9.78 Å². The number of carbonyl (C=O) groups excluding carboxylic acids is 1. The lowest BCUT2D eigenvalue weighted by atomic mass is 10.0. The summed E-state index contributed by atoms with van der Waals surface area (Å²) >= 11 is 0. The molecule has 0 spiro atoms. The predicted molar refractivity (Wildman–Crippen MR) is 118 cm³/mol.